The van der Waals surface area contributed by atoms with Gasteiger partial charge < -0.3 is 25.7 Å². The maximum absolute atomic E-state index is 13.2. The summed E-state index contributed by atoms with van der Waals surface area (Å²) in [6, 6.07) is 5.38. The number of benzene rings is 1. The molecule has 1 aromatic carbocycles. The van der Waals surface area contributed by atoms with Gasteiger partial charge in [-0.2, -0.15) is 5.26 Å². The lowest BCUT2D eigenvalue weighted by Gasteiger charge is -2.27. The quantitative estimate of drug-likeness (QED) is 0.425. The smallest absolute Gasteiger partial charge is 0.268 e. The minimum absolute atomic E-state index is 0.122. The van der Waals surface area contributed by atoms with Crippen molar-refractivity contribution in [1.29, 1.82) is 5.26 Å². The molecule has 0 unspecified atom stereocenters. The molecule has 1 aliphatic heterocycles. The van der Waals surface area contributed by atoms with Gasteiger partial charge in [-0.25, -0.2) is 0 Å². The number of hydrogen-bond acceptors (Lipinski definition) is 5. The molecule has 0 bridgehead atoms. The Morgan fingerprint density at radius 3 is 2.53 bits per heavy atom. The number of methoxy groups -OCH3 is 1. The van der Waals surface area contributed by atoms with Gasteiger partial charge in [0.1, 0.15) is 23.5 Å². The maximum Gasteiger partial charge on any atom is 0.268 e. The summed E-state index contributed by atoms with van der Waals surface area (Å²) in [6.45, 7) is 9.73. The normalized spacial score (nSPS) is 18.7. The second-order valence-electron chi connectivity index (χ2n) is 11.2. The van der Waals surface area contributed by atoms with Crippen LogP contribution in [-0.2, 0) is 9.59 Å². The van der Waals surface area contributed by atoms with Crippen LogP contribution in [0.2, 0.25) is 5.02 Å². The standard InChI is InChI=1S/C26H34ClN5O4/c1-25(2,3)12-20(24(35)29-16(13-28)7-15-11-26(4,5)32-22(15)33)31-23(34)19-9-14-8-17(36-6)10-18(27)21(14)30-19/h8-10,15-16,20,30H,7,11-12H2,1-6H3,(H,29,35)(H,31,34)(H,32,33)/t15-,16+,20+/m1/s1. The summed E-state index contributed by atoms with van der Waals surface area (Å²) in [5.74, 6) is -0.878. The van der Waals surface area contributed by atoms with Crippen LogP contribution in [0, 0.1) is 22.7 Å². The minimum atomic E-state index is -0.890. The molecule has 0 aliphatic carbocycles. The summed E-state index contributed by atoms with van der Waals surface area (Å²) in [6.07, 6.45) is 1.13. The first-order valence-corrected chi connectivity index (χ1v) is 12.3. The summed E-state index contributed by atoms with van der Waals surface area (Å²) < 4.78 is 5.23. The summed E-state index contributed by atoms with van der Waals surface area (Å²) in [4.78, 5) is 41.6. The molecule has 1 aromatic heterocycles. The van der Waals surface area contributed by atoms with Crippen molar-refractivity contribution in [2.75, 3.05) is 7.11 Å². The Hall–Kier alpha value is -3.25. The summed E-state index contributed by atoms with van der Waals surface area (Å²) in [7, 11) is 1.53. The van der Waals surface area contributed by atoms with Gasteiger partial charge in [-0.05, 0) is 50.7 Å². The van der Waals surface area contributed by atoms with Gasteiger partial charge in [-0.1, -0.05) is 32.4 Å². The Balaban J connectivity index is 1.75. The van der Waals surface area contributed by atoms with Crippen LogP contribution in [0.3, 0.4) is 0 Å². The lowest BCUT2D eigenvalue weighted by atomic mass is 9.87. The van der Waals surface area contributed by atoms with Crippen molar-refractivity contribution in [1.82, 2.24) is 20.9 Å². The molecule has 2 aromatic rings. The molecule has 1 aliphatic rings. The zero-order valence-corrected chi connectivity index (χ0v) is 22.3. The number of nitriles is 1. The number of carbonyl (C=O) groups is 3. The highest BCUT2D eigenvalue weighted by Crippen LogP contribution is 2.30. The van der Waals surface area contributed by atoms with Gasteiger partial charge in [0.15, 0.2) is 0 Å². The third-order valence-electron chi connectivity index (χ3n) is 6.15. The van der Waals surface area contributed by atoms with Crippen LogP contribution in [0.5, 0.6) is 5.75 Å². The molecule has 0 radical (unpaired) electrons. The number of nitrogens with zero attached hydrogens (tertiary/aromatic N) is 1. The highest BCUT2D eigenvalue weighted by atomic mass is 35.5. The Bertz CT molecular complexity index is 1210. The monoisotopic (exact) mass is 515 g/mol. The van der Waals surface area contributed by atoms with E-state index in [9.17, 15) is 19.6 Å². The molecular weight excluding hydrogens is 482 g/mol. The van der Waals surface area contributed by atoms with Gasteiger partial charge in [0, 0.05) is 22.9 Å². The van der Waals surface area contributed by atoms with E-state index in [2.05, 4.69) is 27.0 Å². The van der Waals surface area contributed by atoms with E-state index in [0.29, 0.717) is 34.5 Å². The van der Waals surface area contributed by atoms with Crippen molar-refractivity contribution in [2.45, 2.75) is 71.5 Å². The number of amides is 3. The number of aromatic amines is 1. The first kappa shape index (κ1) is 27.3. The highest BCUT2D eigenvalue weighted by molar-refractivity contribution is 6.35. The SMILES string of the molecule is COc1cc(Cl)c2[nH]c(C(=O)N[C@@H](CC(C)(C)C)C(=O)N[C@H](C#N)C[C@@H]3CC(C)(C)NC3=O)cc2c1. The van der Waals surface area contributed by atoms with Crippen molar-refractivity contribution in [3.05, 3.63) is 28.9 Å². The van der Waals surface area contributed by atoms with Crippen LogP contribution in [0.15, 0.2) is 18.2 Å². The largest absolute Gasteiger partial charge is 0.497 e. The first-order chi connectivity index (χ1) is 16.7. The van der Waals surface area contributed by atoms with E-state index in [4.69, 9.17) is 16.3 Å². The second-order valence-corrected chi connectivity index (χ2v) is 11.7. The van der Waals surface area contributed by atoms with Crippen molar-refractivity contribution >= 4 is 40.2 Å². The van der Waals surface area contributed by atoms with E-state index in [-0.39, 0.29) is 34.9 Å². The molecule has 9 nitrogen and oxygen atoms in total. The predicted octanol–water partition coefficient (Wildman–Crippen LogP) is 3.68. The van der Waals surface area contributed by atoms with Crippen LogP contribution in [-0.4, -0.2) is 47.4 Å². The Morgan fingerprint density at radius 1 is 1.28 bits per heavy atom. The number of halogens is 1. The van der Waals surface area contributed by atoms with E-state index in [1.165, 1.54) is 7.11 Å². The molecule has 10 heteroatoms. The third-order valence-corrected chi connectivity index (χ3v) is 6.45. The number of nitrogens with one attached hydrogen (secondary N) is 4. The number of rotatable bonds is 8. The Kier molecular flexibility index (Phi) is 7.89. The predicted molar refractivity (Wildman–Crippen MR) is 138 cm³/mol. The number of aromatic nitrogens is 1. The molecule has 1 fully saturated rings. The van der Waals surface area contributed by atoms with Gasteiger partial charge in [-0.15, -0.1) is 0 Å². The summed E-state index contributed by atoms with van der Waals surface area (Å²) in [5, 5.41) is 19.2. The zero-order valence-electron chi connectivity index (χ0n) is 21.5. The molecular formula is C26H34ClN5O4. The van der Waals surface area contributed by atoms with Crippen molar-refractivity contribution < 1.29 is 19.1 Å². The van der Waals surface area contributed by atoms with Gasteiger partial charge >= 0.3 is 0 Å². The number of ether oxygens (including phenoxy) is 1. The second kappa shape index (κ2) is 10.4. The fourth-order valence-electron chi connectivity index (χ4n) is 4.56. The molecule has 0 spiro atoms. The van der Waals surface area contributed by atoms with Crippen molar-refractivity contribution in [2.24, 2.45) is 11.3 Å². The number of hydrogen-bond donors (Lipinski definition) is 4. The highest BCUT2D eigenvalue weighted by Gasteiger charge is 2.39. The number of carbonyl (C=O) groups excluding carboxylic acids is 3. The summed E-state index contributed by atoms with van der Waals surface area (Å²) in [5.41, 5.74) is 0.195. The third kappa shape index (κ3) is 6.70. The van der Waals surface area contributed by atoms with E-state index < -0.39 is 23.9 Å². The van der Waals surface area contributed by atoms with E-state index in [0.717, 1.165) is 0 Å². The fraction of sp³-hybridized carbons (Fsp3) is 0.538. The van der Waals surface area contributed by atoms with Crippen LogP contribution in [0.4, 0.5) is 0 Å². The van der Waals surface area contributed by atoms with Crippen LogP contribution in [0.1, 0.15) is 64.4 Å². The minimum Gasteiger partial charge on any atom is -0.497 e. The van der Waals surface area contributed by atoms with Crippen molar-refractivity contribution in [3.63, 3.8) is 0 Å². The average Bonchev–Trinajstić information content (AvgIpc) is 3.31. The van der Waals surface area contributed by atoms with Crippen molar-refractivity contribution in [3.8, 4) is 11.8 Å². The first-order valence-electron chi connectivity index (χ1n) is 11.9. The lowest BCUT2D eigenvalue weighted by Crippen LogP contribution is -2.51. The van der Waals surface area contributed by atoms with Crippen LogP contribution < -0.4 is 20.7 Å². The molecule has 3 rings (SSSR count). The van der Waals surface area contributed by atoms with Crippen LogP contribution in [0.25, 0.3) is 10.9 Å². The Morgan fingerprint density at radius 2 is 1.97 bits per heavy atom. The lowest BCUT2D eigenvalue weighted by molar-refractivity contribution is -0.125. The maximum atomic E-state index is 13.2. The van der Waals surface area contributed by atoms with E-state index in [1.54, 1.807) is 18.2 Å². The Labute approximate surface area is 216 Å². The molecule has 1 saturated heterocycles. The molecule has 4 N–H and O–H groups in total. The van der Waals surface area contributed by atoms with Gasteiger partial charge in [-0.3, -0.25) is 14.4 Å². The molecule has 0 saturated carbocycles. The molecule has 194 valence electrons. The van der Waals surface area contributed by atoms with Gasteiger partial charge in [0.25, 0.3) is 5.91 Å². The van der Waals surface area contributed by atoms with E-state index >= 15 is 0 Å². The molecule has 3 amide bonds. The summed E-state index contributed by atoms with van der Waals surface area (Å²) >= 11 is 6.31. The average molecular weight is 516 g/mol. The van der Waals surface area contributed by atoms with Gasteiger partial charge in [0.2, 0.25) is 11.8 Å². The molecule has 2 heterocycles. The number of H-pyrrole nitrogens is 1. The topological polar surface area (TPSA) is 136 Å². The van der Waals surface area contributed by atoms with Crippen LogP contribution >= 0.6 is 11.6 Å². The molecule has 3 atom stereocenters. The fourth-order valence-corrected chi connectivity index (χ4v) is 4.82. The van der Waals surface area contributed by atoms with Gasteiger partial charge in [0.05, 0.1) is 23.7 Å². The number of fused-ring (bicyclic) bond motifs is 1. The zero-order chi connectivity index (χ0) is 26.8. The molecule has 36 heavy (non-hydrogen) atoms. The van der Waals surface area contributed by atoms with E-state index in [1.807, 2.05) is 34.6 Å².